The van der Waals surface area contributed by atoms with Gasteiger partial charge in [-0.25, -0.2) is 9.18 Å². The number of anilines is 2. The summed E-state index contributed by atoms with van der Waals surface area (Å²) in [4.78, 5) is 10.7. The molecule has 19 heavy (non-hydrogen) atoms. The molecule has 2 rings (SSSR count). The number of benzene rings is 2. The molecule has 4 heteroatoms. The number of halogens is 1. The molecule has 0 radical (unpaired) electrons. The Morgan fingerprint density at radius 1 is 1.11 bits per heavy atom. The minimum Gasteiger partial charge on any atom is -0.478 e. The minimum atomic E-state index is -1.14. The number of hydrogen-bond acceptors (Lipinski definition) is 2. The lowest BCUT2D eigenvalue weighted by molar-refractivity contribution is 0.0696. The second-order valence-electron chi connectivity index (χ2n) is 4.42. The first-order valence-corrected chi connectivity index (χ1v) is 5.84. The van der Waals surface area contributed by atoms with Gasteiger partial charge in [0.25, 0.3) is 0 Å². The molecular weight excluding hydrogens is 245 g/mol. The van der Waals surface area contributed by atoms with Crippen molar-refractivity contribution in [3.63, 3.8) is 0 Å². The summed E-state index contributed by atoms with van der Waals surface area (Å²) in [5.74, 6) is -1.73. The molecule has 3 nitrogen and oxygen atoms in total. The third-order valence-electron chi connectivity index (χ3n) is 3.00. The van der Waals surface area contributed by atoms with E-state index in [0.29, 0.717) is 0 Å². The summed E-state index contributed by atoms with van der Waals surface area (Å²) in [5, 5.41) is 11.7. The first kappa shape index (κ1) is 13.1. The van der Waals surface area contributed by atoms with Crippen molar-refractivity contribution in [3.8, 4) is 0 Å². The third kappa shape index (κ3) is 2.91. The second kappa shape index (κ2) is 5.10. The molecule has 0 aliphatic rings. The minimum absolute atomic E-state index is 0.0665. The molecule has 0 unspecified atom stereocenters. The van der Waals surface area contributed by atoms with Gasteiger partial charge in [-0.1, -0.05) is 6.07 Å². The summed E-state index contributed by atoms with van der Waals surface area (Å²) in [7, 11) is 0. The Bertz CT molecular complexity index is 638. The zero-order valence-electron chi connectivity index (χ0n) is 10.7. The average Bonchev–Trinajstić information content (AvgIpc) is 2.36. The highest BCUT2D eigenvalue weighted by Crippen LogP contribution is 2.22. The van der Waals surface area contributed by atoms with Crippen LogP contribution in [0.4, 0.5) is 15.8 Å². The summed E-state index contributed by atoms with van der Waals surface area (Å²) in [6.45, 7) is 3.98. The lowest BCUT2D eigenvalue weighted by Crippen LogP contribution is -2.00. The summed E-state index contributed by atoms with van der Waals surface area (Å²) in [6.07, 6.45) is 0. The van der Waals surface area contributed by atoms with Crippen molar-refractivity contribution in [2.24, 2.45) is 0 Å². The van der Waals surface area contributed by atoms with Crippen LogP contribution in [0.3, 0.4) is 0 Å². The van der Waals surface area contributed by atoms with Crippen molar-refractivity contribution in [3.05, 3.63) is 58.9 Å². The standard InChI is InChI=1S/C15H14FNO2/c1-9-3-5-12(7-10(9)2)17-14-6-4-11(15(18)19)8-13(14)16/h3-8,17H,1-2H3,(H,18,19). The normalized spacial score (nSPS) is 10.3. The summed E-state index contributed by atoms with van der Waals surface area (Å²) < 4.78 is 13.8. The number of carboxylic acids is 1. The van der Waals surface area contributed by atoms with E-state index in [9.17, 15) is 9.18 Å². The van der Waals surface area contributed by atoms with Gasteiger partial charge in [0.15, 0.2) is 0 Å². The van der Waals surface area contributed by atoms with Gasteiger partial charge < -0.3 is 10.4 Å². The Hall–Kier alpha value is -2.36. The highest BCUT2D eigenvalue weighted by atomic mass is 19.1. The maximum absolute atomic E-state index is 13.8. The van der Waals surface area contributed by atoms with Crippen LogP contribution in [0.5, 0.6) is 0 Å². The SMILES string of the molecule is Cc1ccc(Nc2ccc(C(=O)O)cc2F)cc1C. The van der Waals surface area contributed by atoms with Crippen molar-refractivity contribution in [2.45, 2.75) is 13.8 Å². The average molecular weight is 259 g/mol. The van der Waals surface area contributed by atoms with Crippen molar-refractivity contribution in [2.75, 3.05) is 5.32 Å². The molecule has 0 fully saturated rings. The molecule has 0 heterocycles. The summed E-state index contributed by atoms with van der Waals surface area (Å²) in [6, 6.07) is 9.52. The number of aryl methyl sites for hydroxylation is 2. The topological polar surface area (TPSA) is 49.3 Å². The van der Waals surface area contributed by atoms with Crippen LogP contribution in [0.25, 0.3) is 0 Å². The van der Waals surface area contributed by atoms with Crippen molar-refractivity contribution in [1.82, 2.24) is 0 Å². The predicted octanol–water partition coefficient (Wildman–Crippen LogP) is 3.88. The zero-order valence-corrected chi connectivity index (χ0v) is 10.7. The van der Waals surface area contributed by atoms with Gasteiger partial charge >= 0.3 is 5.97 Å². The van der Waals surface area contributed by atoms with E-state index in [-0.39, 0.29) is 11.3 Å². The Morgan fingerprint density at radius 2 is 1.84 bits per heavy atom. The molecular formula is C15H14FNO2. The molecule has 0 bridgehead atoms. The Kier molecular flexibility index (Phi) is 3.51. The van der Waals surface area contributed by atoms with Crippen LogP contribution in [0.1, 0.15) is 21.5 Å². The molecule has 0 amide bonds. The van der Waals surface area contributed by atoms with Gasteiger partial charge in [0.1, 0.15) is 5.82 Å². The molecule has 0 saturated carbocycles. The molecule has 0 aliphatic heterocycles. The molecule has 2 aromatic carbocycles. The zero-order chi connectivity index (χ0) is 14.0. The van der Waals surface area contributed by atoms with Gasteiger partial charge in [0.05, 0.1) is 11.3 Å². The van der Waals surface area contributed by atoms with E-state index >= 15 is 0 Å². The molecule has 0 atom stereocenters. The molecule has 2 N–H and O–H groups in total. The molecule has 0 aromatic heterocycles. The maximum atomic E-state index is 13.8. The first-order chi connectivity index (χ1) is 8.97. The van der Waals surface area contributed by atoms with Crippen LogP contribution >= 0.6 is 0 Å². The fourth-order valence-electron chi connectivity index (χ4n) is 1.72. The molecule has 0 saturated heterocycles. The van der Waals surface area contributed by atoms with Crippen LogP contribution in [0.2, 0.25) is 0 Å². The van der Waals surface area contributed by atoms with E-state index in [1.54, 1.807) is 0 Å². The van der Waals surface area contributed by atoms with Crippen LogP contribution in [0, 0.1) is 19.7 Å². The number of nitrogens with one attached hydrogen (secondary N) is 1. The number of carbonyl (C=O) groups is 1. The molecule has 0 spiro atoms. The van der Waals surface area contributed by atoms with E-state index in [0.717, 1.165) is 22.9 Å². The number of rotatable bonds is 3. The molecule has 2 aromatic rings. The Balaban J connectivity index is 2.28. The third-order valence-corrected chi connectivity index (χ3v) is 3.00. The Morgan fingerprint density at radius 3 is 2.42 bits per heavy atom. The number of aromatic carboxylic acids is 1. The lowest BCUT2D eigenvalue weighted by atomic mass is 10.1. The lowest BCUT2D eigenvalue weighted by Gasteiger charge is -2.10. The van der Waals surface area contributed by atoms with E-state index in [1.807, 2.05) is 32.0 Å². The van der Waals surface area contributed by atoms with Crippen molar-refractivity contribution in [1.29, 1.82) is 0 Å². The highest BCUT2D eigenvalue weighted by Gasteiger charge is 2.08. The smallest absolute Gasteiger partial charge is 0.335 e. The highest BCUT2D eigenvalue weighted by molar-refractivity contribution is 5.88. The van der Waals surface area contributed by atoms with E-state index in [1.165, 1.54) is 12.1 Å². The fourth-order valence-corrected chi connectivity index (χ4v) is 1.72. The van der Waals surface area contributed by atoms with Crippen LogP contribution in [-0.4, -0.2) is 11.1 Å². The van der Waals surface area contributed by atoms with Gasteiger partial charge in [0.2, 0.25) is 0 Å². The second-order valence-corrected chi connectivity index (χ2v) is 4.42. The van der Waals surface area contributed by atoms with Gasteiger partial charge in [-0.15, -0.1) is 0 Å². The molecule has 98 valence electrons. The Labute approximate surface area is 110 Å². The summed E-state index contributed by atoms with van der Waals surface area (Å²) in [5.41, 5.74) is 3.22. The maximum Gasteiger partial charge on any atom is 0.335 e. The largest absolute Gasteiger partial charge is 0.478 e. The van der Waals surface area contributed by atoms with Crippen molar-refractivity contribution < 1.29 is 14.3 Å². The van der Waals surface area contributed by atoms with Gasteiger partial charge in [-0.3, -0.25) is 0 Å². The van der Waals surface area contributed by atoms with Crippen LogP contribution in [0.15, 0.2) is 36.4 Å². The van der Waals surface area contributed by atoms with Crippen LogP contribution in [-0.2, 0) is 0 Å². The quantitative estimate of drug-likeness (QED) is 0.879. The van der Waals surface area contributed by atoms with Gasteiger partial charge in [0, 0.05) is 5.69 Å². The first-order valence-electron chi connectivity index (χ1n) is 5.84. The van der Waals surface area contributed by atoms with Crippen LogP contribution < -0.4 is 5.32 Å². The van der Waals surface area contributed by atoms with E-state index in [4.69, 9.17) is 5.11 Å². The van der Waals surface area contributed by atoms with E-state index < -0.39 is 11.8 Å². The predicted molar refractivity (Wildman–Crippen MR) is 72.6 cm³/mol. The fraction of sp³-hybridized carbons (Fsp3) is 0.133. The molecule has 0 aliphatic carbocycles. The summed E-state index contributed by atoms with van der Waals surface area (Å²) >= 11 is 0. The monoisotopic (exact) mass is 259 g/mol. The number of hydrogen-bond donors (Lipinski definition) is 2. The van der Waals surface area contributed by atoms with E-state index in [2.05, 4.69) is 5.32 Å². The van der Waals surface area contributed by atoms with Crippen molar-refractivity contribution >= 4 is 17.3 Å². The number of carboxylic acid groups (broad SMARTS) is 1. The van der Waals surface area contributed by atoms with Gasteiger partial charge in [-0.2, -0.15) is 0 Å². The van der Waals surface area contributed by atoms with Gasteiger partial charge in [-0.05, 0) is 55.3 Å².